The van der Waals surface area contributed by atoms with Crippen molar-refractivity contribution in [2.24, 2.45) is 5.92 Å². The number of amides is 3. The van der Waals surface area contributed by atoms with Crippen LogP contribution in [0.3, 0.4) is 0 Å². The minimum atomic E-state index is -0.699. The summed E-state index contributed by atoms with van der Waals surface area (Å²) in [4.78, 5) is 26.4. The average molecular weight is 372 g/mol. The highest BCUT2D eigenvalue weighted by Gasteiger charge is 2.25. The SMILES string of the molecule is CC(C)CC(NC(=O)N1C=C(c2ccc(F)cc2)CCC1)C(=O)NCC#N. The van der Waals surface area contributed by atoms with E-state index < -0.39 is 6.04 Å². The van der Waals surface area contributed by atoms with Crippen molar-refractivity contribution < 1.29 is 14.0 Å². The molecule has 0 aliphatic carbocycles. The van der Waals surface area contributed by atoms with Crippen molar-refractivity contribution >= 4 is 17.5 Å². The molecule has 144 valence electrons. The fourth-order valence-corrected chi connectivity index (χ4v) is 2.98. The maximum atomic E-state index is 13.1. The predicted octanol–water partition coefficient (Wildman–Crippen LogP) is 3.03. The second-order valence-corrected chi connectivity index (χ2v) is 6.97. The van der Waals surface area contributed by atoms with Crippen LogP contribution >= 0.6 is 0 Å². The smallest absolute Gasteiger partial charge is 0.322 e. The van der Waals surface area contributed by atoms with Gasteiger partial charge in [0.2, 0.25) is 5.91 Å². The molecule has 0 fully saturated rings. The molecule has 7 heteroatoms. The van der Waals surface area contributed by atoms with E-state index in [1.165, 1.54) is 12.1 Å². The topological polar surface area (TPSA) is 85.2 Å². The summed E-state index contributed by atoms with van der Waals surface area (Å²) >= 11 is 0. The number of benzene rings is 1. The van der Waals surface area contributed by atoms with E-state index >= 15 is 0 Å². The van der Waals surface area contributed by atoms with E-state index in [-0.39, 0.29) is 30.2 Å². The van der Waals surface area contributed by atoms with Gasteiger partial charge >= 0.3 is 6.03 Å². The zero-order chi connectivity index (χ0) is 19.8. The van der Waals surface area contributed by atoms with Crippen LogP contribution in [0.25, 0.3) is 5.57 Å². The van der Waals surface area contributed by atoms with Crippen molar-refractivity contribution in [3.8, 4) is 6.07 Å². The van der Waals surface area contributed by atoms with Crippen LogP contribution in [0.2, 0.25) is 0 Å². The normalized spacial score (nSPS) is 14.9. The molecule has 1 atom stereocenters. The molecule has 2 rings (SSSR count). The summed E-state index contributed by atoms with van der Waals surface area (Å²) in [5, 5.41) is 13.9. The van der Waals surface area contributed by atoms with Gasteiger partial charge in [-0.15, -0.1) is 0 Å². The molecule has 0 bridgehead atoms. The van der Waals surface area contributed by atoms with Crippen LogP contribution < -0.4 is 10.6 Å². The van der Waals surface area contributed by atoms with Crippen LogP contribution in [0, 0.1) is 23.1 Å². The van der Waals surface area contributed by atoms with Crippen molar-refractivity contribution in [2.75, 3.05) is 13.1 Å². The lowest BCUT2D eigenvalue weighted by molar-refractivity contribution is -0.123. The van der Waals surface area contributed by atoms with E-state index in [4.69, 9.17) is 5.26 Å². The number of carbonyl (C=O) groups excluding carboxylic acids is 2. The molecule has 1 heterocycles. The molecule has 1 aliphatic heterocycles. The van der Waals surface area contributed by atoms with Gasteiger partial charge in [-0.2, -0.15) is 5.26 Å². The molecule has 27 heavy (non-hydrogen) atoms. The molecule has 1 unspecified atom stereocenters. The molecule has 0 aromatic heterocycles. The van der Waals surface area contributed by atoms with E-state index in [1.807, 2.05) is 19.9 Å². The summed E-state index contributed by atoms with van der Waals surface area (Å²) < 4.78 is 13.1. The second-order valence-electron chi connectivity index (χ2n) is 6.97. The number of urea groups is 1. The maximum absolute atomic E-state index is 13.1. The Labute approximate surface area is 159 Å². The summed E-state index contributed by atoms with van der Waals surface area (Å²) in [7, 11) is 0. The number of nitrogens with zero attached hydrogens (tertiary/aromatic N) is 2. The molecular formula is C20H25FN4O2. The Morgan fingerprint density at radius 1 is 1.30 bits per heavy atom. The fourth-order valence-electron chi connectivity index (χ4n) is 2.98. The molecule has 0 spiro atoms. The molecule has 6 nitrogen and oxygen atoms in total. The van der Waals surface area contributed by atoms with E-state index in [9.17, 15) is 14.0 Å². The van der Waals surface area contributed by atoms with Crippen molar-refractivity contribution in [2.45, 2.75) is 39.2 Å². The average Bonchev–Trinajstić information content (AvgIpc) is 2.65. The third-order valence-corrected chi connectivity index (χ3v) is 4.30. The Morgan fingerprint density at radius 2 is 2.00 bits per heavy atom. The standard InChI is InChI=1S/C20H25FN4O2/c1-14(2)12-18(19(26)23-10-9-22)24-20(27)25-11-3-4-16(13-25)15-5-7-17(21)8-6-15/h5-8,13-14,18H,3-4,10-12H2,1-2H3,(H,23,26)(H,24,27). The highest BCUT2D eigenvalue weighted by atomic mass is 19.1. The number of nitriles is 1. The van der Waals surface area contributed by atoms with Crippen molar-refractivity contribution in [1.29, 1.82) is 5.26 Å². The number of hydrogen-bond acceptors (Lipinski definition) is 3. The van der Waals surface area contributed by atoms with Gasteiger partial charge in [0.25, 0.3) is 0 Å². The fraction of sp³-hybridized carbons (Fsp3) is 0.450. The van der Waals surface area contributed by atoms with Crippen LogP contribution in [0.1, 0.15) is 38.7 Å². The molecule has 0 radical (unpaired) electrons. The Hall–Kier alpha value is -2.88. The quantitative estimate of drug-likeness (QED) is 0.753. The van der Waals surface area contributed by atoms with Gasteiger partial charge in [0.1, 0.15) is 18.4 Å². The monoisotopic (exact) mass is 372 g/mol. The number of nitrogens with one attached hydrogen (secondary N) is 2. The minimum absolute atomic E-state index is 0.0956. The Kier molecular flexibility index (Phi) is 7.35. The van der Waals surface area contributed by atoms with Crippen LogP contribution in [0.15, 0.2) is 30.5 Å². The Morgan fingerprint density at radius 3 is 2.63 bits per heavy atom. The largest absolute Gasteiger partial charge is 0.341 e. The molecule has 1 aromatic rings. The molecule has 1 aliphatic rings. The number of carbonyl (C=O) groups is 2. The van der Waals surface area contributed by atoms with E-state index in [0.29, 0.717) is 13.0 Å². The van der Waals surface area contributed by atoms with Crippen LogP contribution in [0.5, 0.6) is 0 Å². The summed E-state index contributed by atoms with van der Waals surface area (Å²) in [5.74, 6) is -0.460. The van der Waals surface area contributed by atoms with E-state index in [2.05, 4.69) is 10.6 Å². The first-order chi connectivity index (χ1) is 12.9. The first-order valence-electron chi connectivity index (χ1n) is 9.09. The number of halogens is 1. The van der Waals surface area contributed by atoms with Gasteiger partial charge in [0.05, 0.1) is 6.07 Å². The highest BCUT2D eigenvalue weighted by molar-refractivity contribution is 5.88. The van der Waals surface area contributed by atoms with Crippen LogP contribution in [-0.2, 0) is 4.79 Å². The van der Waals surface area contributed by atoms with Crippen molar-refractivity contribution in [1.82, 2.24) is 15.5 Å². The van der Waals surface area contributed by atoms with Crippen molar-refractivity contribution in [3.05, 3.63) is 41.8 Å². The third-order valence-electron chi connectivity index (χ3n) is 4.30. The second kappa shape index (κ2) is 9.72. The van der Waals surface area contributed by atoms with Gasteiger partial charge < -0.3 is 15.5 Å². The lowest BCUT2D eigenvalue weighted by Crippen LogP contribution is -2.51. The first kappa shape index (κ1) is 20.4. The molecule has 3 amide bonds. The summed E-state index contributed by atoms with van der Waals surface area (Å²) in [5.41, 5.74) is 1.82. The lowest BCUT2D eigenvalue weighted by atomic mass is 9.99. The summed E-state index contributed by atoms with van der Waals surface area (Å²) in [6.45, 7) is 4.38. The van der Waals surface area contributed by atoms with Gasteiger partial charge in [-0.1, -0.05) is 26.0 Å². The zero-order valence-corrected chi connectivity index (χ0v) is 15.7. The molecule has 0 saturated heterocycles. The van der Waals surface area contributed by atoms with E-state index in [1.54, 1.807) is 23.2 Å². The Bertz CT molecular complexity index is 737. The predicted molar refractivity (Wildman–Crippen MR) is 101 cm³/mol. The molecule has 2 N–H and O–H groups in total. The van der Waals surface area contributed by atoms with Gasteiger partial charge in [0.15, 0.2) is 0 Å². The third kappa shape index (κ3) is 6.10. The minimum Gasteiger partial charge on any atom is -0.341 e. The highest BCUT2D eigenvalue weighted by Crippen LogP contribution is 2.25. The van der Waals surface area contributed by atoms with Gasteiger partial charge in [-0.3, -0.25) is 4.79 Å². The molecular weight excluding hydrogens is 347 g/mol. The number of rotatable bonds is 6. The first-order valence-corrected chi connectivity index (χ1v) is 9.09. The maximum Gasteiger partial charge on any atom is 0.322 e. The summed E-state index contributed by atoms with van der Waals surface area (Å²) in [6.07, 6.45) is 3.82. The summed E-state index contributed by atoms with van der Waals surface area (Å²) in [6, 6.07) is 6.99. The van der Waals surface area contributed by atoms with Gasteiger partial charge in [-0.25, -0.2) is 9.18 Å². The van der Waals surface area contributed by atoms with Gasteiger partial charge in [-0.05, 0) is 48.4 Å². The van der Waals surface area contributed by atoms with Crippen LogP contribution in [-0.4, -0.2) is 36.0 Å². The Balaban J connectivity index is 2.09. The number of allylic oxidation sites excluding steroid dienone is 1. The van der Waals surface area contributed by atoms with Gasteiger partial charge in [0, 0.05) is 12.7 Å². The van der Waals surface area contributed by atoms with E-state index in [0.717, 1.165) is 24.0 Å². The zero-order valence-electron chi connectivity index (χ0n) is 15.7. The number of hydrogen-bond donors (Lipinski definition) is 2. The van der Waals surface area contributed by atoms with Crippen LogP contribution in [0.4, 0.5) is 9.18 Å². The molecule has 0 saturated carbocycles. The lowest BCUT2D eigenvalue weighted by Gasteiger charge is -2.28. The molecule has 1 aromatic carbocycles. The van der Waals surface area contributed by atoms with Crippen molar-refractivity contribution in [3.63, 3.8) is 0 Å².